The van der Waals surface area contributed by atoms with E-state index < -0.39 is 0 Å². The van der Waals surface area contributed by atoms with Crippen molar-refractivity contribution in [2.75, 3.05) is 19.1 Å². The van der Waals surface area contributed by atoms with Crippen LogP contribution in [0.25, 0.3) is 0 Å². The van der Waals surface area contributed by atoms with Crippen molar-refractivity contribution in [1.29, 1.82) is 0 Å². The molecule has 0 saturated carbocycles. The van der Waals surface area contributed by atoms with E-state index in [1.807, 2.05) is 0 Å². The molecule has 0 N–H and O–H groups in total. The second-order valence-corrected chi connectivity index (χ2v) is 5.09. The summed E-state index contributed by atoms with van der Waals surface area (Å²) in [6, 6.07) is 5.28. The molecule has 0 unspecified atom stereocenters. The van der Waals surface area contributed by atoms with Crippen LogP contribution in [0.4, 0.5) is 5.69 Å². The Labute approximate surface area is 120 Å². The summed E-state index contributed by atoms with van der Waals surface area (Å²) >= 11 is 5.99. The van der Waals surface area contributed by atoms with E-state index >= 15 is 0 Å². The zero-order valence-corrected chi connectivity index (χ0v) is 12.8. The average Bonchev–Trinajstić information content (AvgIpc) is 2.43. The van der Waals surface area contributed by atoms with Crippen LogP contribution >= 0.6 is 11.6 Å². The predicted molar refractivity (Wildman–Crippen MR) is 80.1 cm³/mol. The van der Waals surface area contributed by atoms with Crippen LogP contribution in [0.2, 0.25) is 5.02 Å². The zero-order valence-electron chi connectivity index (χ0n) is 12.1. The van der Waals surface area contributed by atoms with Crippen molar-refractivity contribution < 1.29 is 9.53 Å². The van der Waals surface area contributed by atoms with E-state index in [9.17, 15) is 4.79 Å². The molecule has 0 saturated heterocycles. The summed E-state index contributed by atoms with van der Waals surface area (Å²) in [6.45, 7) is 4.23. The minimum atomic E-state index is 0.0919. The molecule has 0 aliphatic heterocycles. The van der Waals surface area contributed by atoms with Crippen molar-refractivity contribution in [3.63, 3.8) is 0 Å². The van der Waals surface area contributed by atoms with Crippen LogP contribution in [0, 0.1) is 5.92 Å². The van der Waals surface area contributed by atoms with Gasteiger partial charge in [0.25, 0.3) is 0 Å². The largest absolute Gasteiger partial charge is 0.495 e. The van der Waals surface area contributed by atoms with Crippen LogP contribution in [-0.4, -0.2) is 20.1 Å². The van der Waals surface area contributed by atoms with E-state index in [0.717, 1.165) is 12.8 Å². The molecule has 0 bridgehead atoms. The summed E-state index contributed by atoms with van der Waals surface area (Å²) in [5, 5.41) is 0.595. The molecule has 0 heterocycles. The normalized spacial score (nSPS) is 10.6. The molecule has 106 valence electrons. The number of hydrogen-bond donors (Lipinski definition) is 0. The predicted octanol–water partition coefficient (Wildman–Crippen LogP) is 4.14. The number of carbonyl (C=O) groups excluding carboxylic acids is 1. The third-order valence-electron chi connectivity index (χ3n) is 3.49. The number of rotatable bonds is 6. The summed E-state index contributed by atoms with van der Waals surface area (Å²) in [5.74, 6) is 1.18. The summed E-state index contributed by atoms with van der Waals surface area (Å²) in [5.41, 5.74) is 0.714. The van der Waals surface area contributed by atoms with Crippen molar-refractivity contribution in [2.45, 2.75) is 33.1 Å². The highest BCUT2D eigenvalue weighted by Gasteiger charge is 2.18. The Bertz CT molecular complexity index is 430. The quantitative estimate of drug-likeness (QED) is 0.785. The van der Waals surface area contributed by atoms with E-state index in [1.165, 1.54) is 0 Å². The molecule has 1 aromatic rings. The van der Waals surface area contributed by atoms with Crippen LogP contribution in [0.1, 0.15) is 33.1 Å². The third kappa shape index (κ3) is 4.13. The summed E-state index contributed by atoms with van der Waals surface area (Å²) < 4.78 is 5.28. The van der Waals surface area contributed by atoms with Gasteiger partial charge in [-0.25, -0.2) is 0 Å². The number of nitrogens with zero attached hydrogens (tertiary/aromatic N) is 1. The number of benzene rings is 1. The molecule has 0 aliphatic carbocycles. The van der Waals surface area contributed by atoms with Crippen molar-refractivity contribution >= 4 is 23.2 Å². The molecule has 19 heavy (non-hydrogen) atoms. The fourth-order valence-corrected chi connectivity index (χ4v) is 2.19. The van der Waals surface area contributed by atoms with Gasteiger partial charge in [-0.2, -0.15) is 0 Å². The van der Waals surface area contributed by atoms with Crippen molar-refractivity contribution in [3.05, 3.63) is 23.2 Å². The maximum Gasteiger partial charge on any atom is 0.227 e. The lowest BCUT2D eigenvalue weighted by molar-refractivity contribution is -0.119. The fraction of sp³-hybridized carbons (Fsp3) is 0.533. The van der Waals surface area contributed by atoms with Crippen LogP contribution < -0.4 is 9.64 Å². The van der Waals surface area contributed by atoms with Gasteiger partial charge in [0.2, 0.25) is 5.91 Å². The van der Waals surface area contributed by atoms with Gasteiger partial charge in [0.05, 0.1) is 12.8 Å². The Balaban J connectivity index is 2.90. The number of hydrogen-bond acceptors (Lipinski definition) is 2. The first-order chi connectivity index (χ1) is 9.03. The van der Waals surface area contributed by atoms with Crippen molar-refractivity contribution in [1.82, 2.24) is 0 Å². The summed E-state index contributed by atoms with van der Waals surface area (Å²) in [7, 11) is 3.35. The maximum atomic E-state index is 12.3. The first-order valence-electron chi connectivity index (χ1n) is 6.63. The fourth-order valence-electron chi connectivity index (χ4n) is 2.02. The SMILES string of the molecule is CCC(CC)CC(=O)N(C)c1cc(Cl)ccc1OC. The Kier molecular flexibility index (Phi) is 6.16. The second-order valence-electron chi connectivity index (χ2n) is 4.66. The number of carbonyl (C=O) groups is 1. The highest BCUT2D eigenvalue weighted by atomic mass is 35.5. The smallest absolute Gasteiger partial charge is 0.227 e. The van der Waals surface area contributed by atoms with Gasteiger partial charge in [-0.3, -0.25) is 4.79 Å². The number of anilines is 1. The first-order valence-corrected chi connectivity index (χ1v) is 7.01. The molecule has 0 spiro atoms. The van der Waals surface area contributed by atoms with Crippen LogP contribution in [0.5, 0.6) is 5.75 Å². The lowest BCUT2D eigenvalue weighted by Gasteiger charge is -2.22. The molecular formula is C15H22ClNO2. The topological polar surface area (TPSA) is 29.5 Å². The molecule has 1 rings (SSSR count). The molecule has 1 amide bonds. The Morgan fingerprint density at radius 1 is 1.37 bits per heavy atom. The number of ether oxygens (including phenoxy) is 1. The second kappa shape index (κ2) is 7.39. The van der Waals surface area contributed by atoms with Gasteiger partial charge >= 0.3 is 0 Å². The minimum Gasteiger partial charge on any atom is -0.495 e. The van der Waals surface area contributed by atoms with Gasteiger partial charge in [0.1, 0.15) is 5.75 Å². The maximum absolute atomic E-state index is 12.3. The monoisotopic (exact) mass is 283 g/mol. The summed E-state index contributed by atoms with van der Waals surface area (Å²) in [6.07, 6.45) is 2.59. The molecular weight excluding hydrogens is 262 g/mol. The molecule has 0 aromatic heterocycles. The van der Waals surface area contributed by atoms with Crippen LogP contribution in [-0.2, 0) is 4.79 Å². The third-order valence-corrected chi connectivity index (χ3v) is 3.73. The molecule has 0 fully saturated rings. The van der Waals surface area contributed by atoms with Crippen LogP contribution in [0.3, 0.4) is 0 Å². The van der Waals surface area contributed by atoms with Gasteiger partial charge in [-0.15, -0.1) is 0 Å². The summed E-state index contributed by atoms with van der Waals surface area (Å²) in [4.78, 5) is 13.9. The van der Waals surface area contributed by atoms with E-state index in [0.29, 0.717) is 28.8 Å². The van der Waals surface area contributed by atoms with E-state index in [1.54, 1.807) is 37.3 Å². The number of halogens is 1. The number of methoxy groups -OCH3 is 1. The van der Waals surface area contributed by atoms with E-state index in [2.05, 4.69) is 13.8 Å². The zero-order chi connectivity index (χ0) is 14.4. The van der Waals surface area contributed by atoms with Crippen molar-refractivity contribution in [2.24, 2.45) is 5.92 Å². The number of amides is 1. The van der Waals surface area contributed by atoms with Gasteiger partial charge in [0, 0.05) is 18.5 Å². The highest BCUT2D eigenvalue weighted by Crippen LogP contribution is 2.31. The molecule has 0 aliphatic rings. The van der Waals surface area contributed by atoms with Gasteiger partial charge in [0.15, 0.2) is 0 Å². The standard InChI is InChI=1S/C15H22ClNO2/c1-5-11(6-2)9-15(18)17(3)13-10-12(16)7-8-14(13)19-4/h7-8,10-11H,5-6,9H2,1-4H3. The minimum absolute atomic E-state index is 0.0919. The van der Waals surface area contributed by atoms with Crippen molar-refractivity contribution in [3.8, 4) is 5.75 Å². The highest BCUT2D eigenvalue weighted by molar-refractivity contribution is 6.31. The van der Waals surface area contributed by atoms with Gasteiger partial charge in [-0.1, -0.05) is 38.3 Å². The lowest BCUT2D eigenvalue weighted by atomic mass is 9.99. The van der Waals surface area contributed by atoms with E-state index in [-0.39, 0.29) is 5.91 Å². The first kappa shape index (κ1) is 15.8. The van der Waals surface area contributed by atoms with Gasteiger partial charge in [-0.05, 0) is 24.1 Å². The Morgan fingerprint density at radius 3 is 2.53 bits per heavy atom. The Hall–Kier alpha value is -1.22. The molecule has 0 radical (unpaired) electrons. The molecule has 4 heteroatoms. The average molecular weight is 284 g/mol. The molecule has 3 nitrogen and oxygen atoms in total. The lowest BCUT2D eigenvalue weighted by Crippen LogP contribution is -2.28. The van der Waals surface area contributed by atoms with Crippen LogP contribution in [0.15, 0.2) is 18.2 Å². The van der Waals surface area contributed by atoms with Gasteiger partial charge < -0.3 is 9.64 Å². The van der Waals surface area contributed by atoms with E-state index in [4.69, 9.17) is 16.3 Å². The molecule has 0 atom stereocenters. The molecule has 1 aromatic carbocycles. The Morgan fingerprint density at radius 2 is 2.00 bits per heavy atom.